The fourth-order valence-corrected chi connectivity index (χ4v) is 5.09. The van der Waals surface area contributed by atoms with Crippen LogP contribution in [0.25, 0.3) is 21.8 Å². The smallest absolute Gasteiger partial charge is 0.244 e. The fourth-order valence-electron chi connectivity index (χ4n) is 4.87. The van der Waals surface area contributed by atoms with Gasteiger partial charge in [0.2, 0.25) is 11.8 Å². The monoisotopic (exact) mass is 497 g/mol. The van der Waals surface area contributed by atoms with Crippen LogP contribution in [0.4, 0.5) is 5.69 Å². The van der Waals surface area contributed by atoms with Gasteiger partial charge in [-0.05, 0) is 32.0 Å². The third-order valence-electron chi connectivity index (χ3n) is 6.70. The van der Waals surface area contributed by atoms with Gasteiger partial charge in [0, 0.05) is 54.5 Å². The molecule has 1 aromatic carbocycles. The van der Waals surface area contributed by atoms with E-state index in [9.17, 15) is 14.4 Å². The number of rotatable bonds is 4. The maximum atomic E-state index is 13.5. The van der Waals surface area contributed by atoms with Crippen LogP contribution in [0.1, 0.15) is 26.7 Å². The number of piperidine rings is 1. The number of likely N-dealkylation sites (tertiary alicyclic amines) is 1. The van der Waals surface area contributed by atoms with Gasteiger partial charge >= 0.3 is 0 Å². The van der Waals surface area contributed by atoms with Gasteiger partial charge in [0.25, 0.3) is 0 Å². The Labute approximate surface area is 207 Å². The Hall–Kier alpha value is -3.01. The molecule has 2 amide bonds. The zero-order chi connectivity index (χ0) is 24.7. The van der Waals surface area contributed by atoms with Crippen molar-refractivity contribution in [3.05, 3.63) is 35.6 Å². The Morgan fingerprint density at radius 1 is 1.26 bits per heavy atom. The highest BCUT2D eigenvalue weighted by Crippen LogP contribution is 2.33. The van der Waals surface area contributed by atoms with Gasteiger partial charge in [0.1, 0.15) is 11.8 Å². The number of aromatic nitrogens is 2. The van der Waals surface area contributed by atoms with Crippen molar-refractivity contribution in [1.29, 1.82) is 0 Å². The van der Waals surface area contributed by atoms with Gasteiger partial charge in [0.05, 0.1) is 41.7 Å². The standard InChI is InChI=1S/C25H28ClN5O4/c1-25(2)14-31(12-22(33)30-7-4-16(32)5-8-30)21(13-35-25)24(34)29-19-10-15(26)9-18-17-3-6-27-11-20(17)28-23(18)19/h3,6,9-11,21,28H,4-5,7-8,12-14H2,1-2H3,(H,29,34)/t21-/m0/s1. The lowest BCUT2D eigenvalue weighted by Gasteiger charge is -2.43. The van der Waals surface area contributed by atoms with E-state index in [0.29, 0.717) is 43.2 Å². The molecule has 184 valence electrons. The first-order chi connectivity index (χ1) is 16.7. The molecule has 35 heavy (non-hydrogen) atoms. The quantitative estimate of drug-likeness (QED) is 0.573. The van der Waals surface area contributed by atoms with Crippen molar-refractivity contribution in [2.75, 3.05) is 38.1 Å². The minimum absolute atomic E-state index is 0.0822. The molecule has 2 aromatic heterocycles. The van der Waals surface area contributed by atoms with Gasteiger partial charge in [0.15, 0.2) is 0 Å². The van der Waals surface area contributed by atoms with Crippen molar-refractivity contribution in [3.8, 4) is 0 Å². The summed E-state index contributed by atoms with van der Waals surface area (Å²) >= 11 is 6.39. The average Bonchev–Trinajstić information content (AvgIpc) is 3.18. The Balaban J connectivity index is 1.38. The predicted molar refractivity (Wildman–Crippen MR) is 133 cm³/mol. The summed E-state index contributed by atoms with van der Waals surface area (Å²) in [6, 6.07) is 4.80. The van der Waals surface area contributed by atoms with Crippen molar-refractivity contribution >= 4 is 56.7 Å². The zero-order valence-electron chi connectivity index (χ0n) is 19.8. The number of ketones is 1. The summed E-state index contributed by atoms with van der Waals surface area (Å²) in [5.74, 6) is -0.178. The van der Waals surface area contributed by atoms with E-state index < -0.39 is 11.6 Å². The number of carbonyl (C=O) groups is 3. The van der Waals surface area contributed by atoms with E-state index in [1.165, 1.54) is 0 Å². The number of hydrogen-bond donors (Lipinski definition) is 2. The van der Waals surface area contributed by atoms with Crippen molar-refractivity contribution in [3.63, 3.8) is 0 Å². The number of amides is 2. The highest BCUT2D eigenvalue weighted by atomic mass is 35.5. The van der Waals surface area contributed by atoms with Crippen LogP contribution in [0.2, 0.25) is 5.02 Å². The number of Topliss-reactive ketones (excluding diaryl/α,β-unsaturated/α-hetero) is 1. The third-order valence-corrected chi connectivity index (χ3v) is 6.92. The van der Waals surface area contributed by atoms with Crippen molar-refractivity contribution < 1.29 is 19.1 Å². The first-order valence-electron chi connectivity index (χ1n) is 11.7. The Morgan fingerprint density at radius 2 is 2.03 bits per heavy atom. The minimum atomic E-state index is -0.654. The number of anilines is 1. The van der Waals surface area contributed by atoms with E-state index >= 15 is 0 Å². The molecule has 4 heterocycles. The number of aromatic amines is 1. The normalized spacial score (nSPS) is 20.9. The van der Waals surface area contributed by atoms with Crippen molar-refractivity contribution in [2.24, 2.45) is 0 Å². The molecule has 2 aliphatic rings. The molecule has 0 saturated carbocycles. The second-order valence-electron chi connectivity index (χ2n) is 9.82. The number of benzene rings is 1. The molecule has 0 bridgehead atoms. The number of carbonyl (C=O) groups excluding carboxylic acids is 3. The lowest BCUT2D eigenvalue weighted by atomic mass is 10.0. The number of morpholine rings is 1. The number of fused-ring (bicyclic) bond motifs is 3. The largest absolute Gasteiger partial charge is 0.372 e. The fraction of sp³-hybridized carbons (Fsp3) is 0.440. The molecule has 9 nitrogen and oxygen atoms in total. The van der Waals surface area contributed by atoms with Crippen LogP contribution < -0.4 is 5.32 Å². The van der Waals surface area contributed by atoms with Gasteiger partial charge in [-0.2, -0.15) is 0 Å². The van der Waals surface area contributed by atoms with Crippen LogP contribution in [-0.2, 0) is 19.1 Å². The molecule has 10 heteroatoms. The van der Waals surface area contributed by atoms with Gasteiger partial charge < -0.3 is 19.9 Å². The second kappa shape index (κ2) is 9.22. The minimum Gasteiger partial charge on any atom is -0.372 e. The summed E-state index contributed by atoms with van der Waals surface area (Å²) in [5.41, 5.74) is 1.65. The Morgan fingerprint density at radius 3 is 2.80 bits per heavy atom. The van der Waals surface area contributed by atoms with Gasteiger partial charge in [-0.1, -0.05) is 11.6 Å². The summed E-state index contributed by atoms with van der Waals surface area (Å²) in [6.07, 6.45) is 4.21. The first-order valence-corrected chi connectivity index (χ1v) is 12.1. The molecule has 0 spiro atoms. The third kappa shape index (κ3) is 4.89. The molecule has 1 atom stereocenters. The van der Waals surface area contributed by atoms with Crippen LogP contribution in [0.5, 0.6) is 0 Å². The SMILES string of the molecule is CC1(C)CN(CC(=O)N2CCC(=O)CC2)[C@H](C(=O)Nc2cc(Cl)cc3c2[nH]c2cnccc23)CO1. The predicted octanol–water partition coefficient (Wildman–Crippen LogP) is 2.98. The Kier molecular flexibility index (Phi) is 6.25. The molecule has 2 fully saturated rings. The van der Waals surface area contributed by atoms with E-state index in [2.05, 4.69) is 15.3 Å². The van der Waals surface area contributed by atoms with E-state index in [0.717, 1.165) is 21.8 Å². The number of hydrogen-bond acceptors (Lipinski definition) is 6. The van der Waals surface area contributed by atoms with Crippen LogP contribution in [0, 0.1) is 0 Å². The van der Waals surface area contributed by atoms with E-state index in [-0.39, 0.29) is 30.7 Å². The van der Waals surface area contributed by atoms with Crippen LogP contribution in [-0.4, -0.2) is 81.8 Å². The van der Waals surface area contributed by atoms with E-state index in [1.807, 2.05) is 30.9 Å². The molecule has 3 aromatic rings. The maximum Gasteiger partial charge on any atom is 0.244 e. The van der Waals surface area contributed by atoms with Gasteiger partial charge in [-0.25, -0.2) is 0 Å². The summed E-state index contributed by atoms with van der Waals surface area (Å²) in [5, 5.41) is 5.35. The highest BCUT2D eigenvalue weighted by molar-refractivity contribution is 6.33. The molecule has 0 radical (unpaired) electrons. The molecular weight excluding hydrogens is 470 g/mol. The number of ether oxygens (including phenoxy) is 1. The van der Waals surface area contributed by atoms with Crippen LogP contribution in [0.15, 0.2) is 30.6 Å². The average molecular weight is 498 g/mol. The van der Waals surface area contributed by atoms with E-state index in [1.54, 1.807) is 23.4 Å². The zero-order valence-corrected chi connectivity index (χ0v) is 20.5. The highest BCUT2D eigenvalue weighted by Gasteiger charge is 2.39. The molecular formula is C25H28ClN5O4. The lowest BCUT2D eigenvalue weighted by Crippen LogP contribution is -2.60. The summed E-state index contributed by atoms with van der Waals surface area (Å²) in [7, 11) is 0. The van der Waals surface area contributed by atoms with Gasteiger partial charge in [-0.15, -0.1) is 0 Å². The van der Waals surface area contributed by atoms with Crippen LogP contribution >= 0.6 is 11.6 Å². The maximum absolute atomic E-state index is 13.5. The van der Waals surface area contributed by atoms with Gasteiger partial charge in [-0.3, -0.25) is 24.3 Å². The number of halogens is 1. The molecule has 0 unspecified atom stereocenters. The molecule has 2 N–H and O–H groups in total. The number of H-pyrrole nitrogens is 1. The lowest BCUT2D eigenvalue weighted by molar-refractivity contribution is -0.150. The number of nitrogens with zero attached hydrogens (tertiary/aromatic N) is 3. The first kappa shape index (κ1) is 23.7. The molecule has 0 aliphatic carbocycles. The number of nitrogens with one attached hydrogen (secondary N) is 2. The van der Waals surface area contributed by atoms with Crippen molar-refractivity contribution in [1.82, 2.24) is 19.8 Å². The van der Waals surface area contributed by atoms with E-state index in [4.69, 9.17) is 16.3 Å². The van der Waals surface area contributed by atoms with Crippen LogP contribution in [0.3, 0.4) is 0 Å². The summed E-state index contributed by atoms with van der Waals surface area (Å²) in [4.78, 5) is 49.1. The summed E-state index contributed by atoms with van der Waals surface area (Å²) < 4.78 is 5.95. The molecule has 5 rings (SSSR count). The molecule has 2 aliphatic heterocycles. The topological polar surface area (TPSA) is 108 Å². The number of pyridine rings is 1. The summed E-state index contributed by atoms with van der Waals surface area (Å²) in [6.45, 7) is 5.41. The second-order valence-corrected chi connectivity index (χ2v) is 10.3. The molecule has 2 saturated heterocycles. The Bertz CT molecular complexity index is 1310. The van der Waals surface area contributed by atoms with Crippen molar-refractivity contribution in [2.45, 2.75) is 38.3 Å².